The molecule has 0 atom stereocenters. The minimum atomic E-state index is -0.433. The van der Waals surface area contributed by atoms with Gasteiger partial charge in [0.25, 0.3) is 0 Å². The van der Waals surface area contributed by atoms with Crippen LogP contribution in [0.25, 0.3) is 0 Å². The first-order valence-corrected chi connectivity index (χ1v) is 7.54. The molecule has 0 radical (unpaired) electrons. The van der Waals surface area contributed by atoms with Crippen LogP contribution in [0.1, 0.15) is 21.5 Å². The standard InChI is InChI=1S/C17H19ClN4O/c1-20-17(21-10-12-5-7-15(18)8-6-12)22-11-13-3-2-4-14(9-13)16(19)23/h2-9H,10-11H2,1H3,(H2,19,23)(H2,20,21,22). The molecule has 120 valence electrons. The van der Waals surface area contributed by atoms with Gasteiger partial charge in [-0.15, -0.1) is 0 Å². The number of carbonyl (C=O) groups is 1. The lowest BCUT2D eigenvalue weighted by Gasteiger charge is -2.12. The second kappa shape index (κ2) is 8.19. The smallest absolute Gasteiger partial charge is 0.248 e. The number of benzene rings is 2. The summed E-state index contributed by atoms with van der Waals surface area (Å²) >= 11 is 5.86. The van der Waals surface area contributed by atoms with Crippen molar-refractivity contribution in [3.05, 3.63) is 70.2 Å². The summed E-state index contributed by atoms with van der Waals surface area (Å²) in [4.78, 5) is 15.4. The first-order valence-electron chi connectivity index (χ1n) is 7.16. The van der Waals surface area contributed by atoms with E-state index in [2.05, 4.69) is 15.6 Å². The maximum atomic E-state index is 11.2. The van der Waals surface area contributed by atoms with E-state index in [4.69, 9.17) is 17.3 Å². The monoisotopic (exact) mass is 330 g/mol. The quantitative estimate of drug-likeness (QED) is 0.581. The number of nitrogens with two attached hydrogens (primary N) is 1. The van der Waals surface area contributed by atoms with Gasteiger partial charge in [0.1, 0.15) is 0 Å². The highest BCUT2D eigenvalue weighted by Crippen LogP contribution is 2.09. The summed E-state index contributed by atoms with van der Waals surface area (Å²) in [5.41, 5.74) is 7.84. The molecule has 1 amide bonds. The third-order valence-corrected chi connectivity index (χ3v) is 3.52. The molecule has 4 N–H and O–H groups in total. The number of amides is 1. The lowest BCUT2D eigenvalue weighted by Crippen LogP contribution is -2.36. The van der Waals surface area contributed by atoms with Crippen molar-refractivity contribution in [2.75, 3.05) is 7.05 Å². The Hall–Kier alpha value is -2.53. The molecule has 2 aromatic carbocycles. The van der Waals surface area contributed by atoms with Crippen LogP contribution in [-0.2, 0) is 13.1 Å². The van der Waals surface area contributed by atoms with Gasteiger partial charge < -0.3 is 16.4 Å². The minimum Gasteiger partial charge on any atom is -0.366 e. The van der Waals surface area contributed by atoms with E-state index in [9.17, 15) is 4.79 Å². The zero-order valence-corrected chi connectivity index (χ0v) is 13.6. The summed E-state index contributed by atoms with van der Waals surface area (Å²) in [5.74, 6) is 0.238. The summed E-state index contributed by atoms with van der Waals surface area (Å²) in [6.45, 7) is 1.18. The number of hydrogen-bond donors (Lipinski definition) is 3. The van der Waals surface area contributed by atoms with Crippen molar-refractivity contribution < 1.29 is 4.79 Å². The Morgan fingerprint density at radius 3 is 2.35 bits per heavy atom. The van der Waals surface area contributed by atoms with E-state index in [1.807, 2.05) is 30.3 Å². The Morgan fingerprint density at radius 2 is 1.74 bits per heavy atom. The highest BCUT2D eigenvalue weighted by Gasteiger charge is 2.03. The van der Waals surface area contributed by atoms with E-state index in [-0.39, 0.29) is 0 Å². The number of nitrogens with zero attached hydrogens (tertiary/aromatic N) is 1. The predicted molar refractivity (Wildman–Crippen MR) is 93.5 cm³/mol. The van der Waals surface area contributed by atoms with Crippen LogP contribution in [0.5, 0.6) is 0 Å². The van der Waals surface area contributed by atoms with Gasteiger partial charge in [0.05, 0.1) is 0 Å². The molecule has 0 fully saturated rings. The Morgan fingerprint density at radius 1 is 1.09 bits per heavy atom. The van der Waals surface area contributed by atoms with Gasteiger partial charge >= 0.3 is 0 Å². The van der Waals surface area contributed by atoms with Gasteiger partial charge in [0.2, 0.25) is 5.91 Å². The van der Waals surface area contributed by atoms with Crippen LogP contribution in [-0.4, -0.2) is 18.9 Å². The lowest BCUT2D eigenvalue weighted by atomic mass is 10.1. The highest BCUT2D eigenvalue weighted by molar-refractivity contribution is 6.30. The molecule has 2 aromatic rings. The highest BCUT2D eigenvalue weighted by atomic mass is 35.5. The largest absolute Gasteiger partial charge is 0.366 e. The summed E-state index contributed by atoms with van der Waals surface area (Å²) in [6, 6.07) is 14.8. The van der Waals surface area contributed by atoms with Crippen molar-refractivity contribution in [2.24, 2.45) is 10.7 Å². The first-order chi connectivity index (χ1) is 11.1. The number of primary amides is 1. The van der Waals surface area contributed by atoms with Crippen molar-refractivity contribution in [2.45, 2.75) is 13.1 Å². The maximum Gasteiger partial charge on any atom is 0.248 e. The molecule has 6 heteroatoms. The lowest BCUT2D eigenvalue weighted by molar-refractivity contribution is 0.1000. The van der Waals surface area contributed by atoms with E-state index in [0.29, 0.717) is 29.6 Å². The van der Waals surface area contributed by atoms with E-state index >= 15 is 0 Å². The maximum absolute atomic E-state index is 11.2. The summed E-state index contributed by atoms with van der Waals surface area (Å²) < 4.78 is 0. The van der Waals surface area contributed by atoms with Crippen LogP contribution >= 0.6 is 11.6 Å². The van der Waals surface area contributed by atoms with Crippen LogP contribution in [0.2, 0.25) is 5.02 Å². The molecule has 5 nitrogen and oxygen atoms in total. The summed E-state index contributed by atoms with van der Waals surface area (Å²) in [7, 11) is 1.71. The van der Waals surface area contributed by atoms with Crippen LogP contribution in [0.15, 0.2) is 53.5 Å². The number of halogens is 1. The molecular weight excluding hydrogens is 312 g/mol. The van der Waals surface area contributed by atoms with Gasteiger partial charge in [0, 0.05) is 30.7 Å². The van der Waals surface area contributed by atoms with Gasteiger partial charge in [-0.2, -0.15) is 0 Å². The molecular formula is C17H19ClN4O. The number of aliphatic imine (C=N–C) groups is 1. The Labute approximate surface area is 140 Å². The molecule has 0 spiro atoms. The zero-order valence-electron chi connectivity index (χ0n) is 12.8. The second-order valence-electron chi connectivity index (χ2n) is 4.97. The molecule has 0 aliphatic heterocycles. The van der Waals surface area contributed by atoms with Gasteiger partial charge in [-0.25, -0.2) is 0 Å². The first kappa shape index (κ1) is 16.8. The van der Waals surface area contributed by atoms with Gasteiger partial charge in [-0.1, -0.05) is 35.9 Å². The average Bonchev–Trinajstić information content (AvgIpc) is 2.57. The molecule has 0 aliphatic carbocycles. The Bertz CT molecular complexity index is 698. The van der Waals surface area contributed by atoms with Crippen molar-refractivity contribution in [3.63, 3.8) is 0 Å². The number of carbonyl (C=O) groups excluding carboxylic acids is 1. The third kappa shape index (κ3) is 5.30. The Balaban J connectivity index is 1.89. The zero-order chi connectivity index (χ0) is 16.7. The second-order valence-corrected chi connectivity index (χ2v) is 5.41. The molecule has 0 saturated carbocycles. The minimum absolute atomic E-state index is 0.433. The van der Waals surface area contributed by atoms with E-state index in [1.165, 1.54) is 0 Å². The van der Waals surface area contributed by atoms with E-state index in [0.717, 1.165) is 11.1 Å². The van der Waals surface area contributed by atoms with Crippen LogP contribution in [0.4, 0.5) is 0 Å². The van der Waals surface area contributed by atoms with Crippen LogP contribution < -0.4 is 16.4 Å². The summed E-state index contributed by atoms with van der Waals surface area (Å²) in [5, 5.41) is 7.12. The molecule has 0 saturated heterocycles. The molecule has 2 rings (SSSR count). The van der Waals surface area contributed by atoms with E-state index < -0.39 is 5.91 Å². The molecule has 0 bridgehead atoms. The fraction of sp³-hybridized carbons (Fsp3) is 0.176. The van der Waals surface area contributed by atoms with Gasteiger partial charge in [-0.05, 0) is 35.4 Å². The third-order valence-electron chi connectivity index (χ3n) is 3.27. The molecule has 0 aromatic heterocycles. The average molecular weight is 331 g/mol. The molecule has 0 aliphatic rings. The number of hydrogen-bond acceptors (Lipinski definition) is 2. The van der Waals surface area contributed by atoms with Crippen molar-refractivity contribution in [1.29, 1.82) is 0 Å². The van der Waals surface area contributed by atoms with Crippen molar-refractivity contribution in [1.82, 2.24) is 10.6 Å². The van der Waals surface area contributed by atoms with Crippen LogP contribution in [0, 0.1) is 0 Å². The molecule has 0 unspecified atom stereocenters. The normalized spacial score (nSPS) is 11.1. The van der Waals surface area contributed by atoms with Crippen LogP contribution in [0.3, 0.4) is 0 Å². The molecule has 23 heavy (non-hydrogen) atoms. The topological polar surface area (TPSA) is 79.5 Å². The fourth-order valence-corrected chi connectivity index (χ4v) is 2.15. The Kier molecular flexibility index (Phi) is 6.00. The van der Waals surface area contributed by atoms with E-state index in [1.54, 1.807) is 25.2 Å². The molecule has 0 heterocycles. The van der Waals surface area contributed by atoms with Crippen molar-refractivity contribution in [3.8, 4) is 0 Å². The number of nitrogens with one attached hydrogen (secondary N) is 2. The van der Waals surface area contributed by atoms with Gasteiger partial charge in [0.15, 0.2) is 5.96 Å². The fourth-order valence-electron chi connectivity index (χ4n) is 2.03. The number of rotatable bonds is 5. The van der Waals surface area contributed by atoms with Gasteiger partial charge in [-0.3, -0.25) is 9.79 Å². The predicted octanol–water partition coefficient (Wildman–Crippen LogP) is 2.30. The number of guanidine groups is 1. The van der Waals surface area contributed by atoms with Crippen molar-refractivity contribution >= 4 is 23.5 Å². The SMILES string of the molecule is CN=C(NCc1ccc(Cl)cc1)NCc1cccc(C(N)=O)c1. The summed E-state index contributed by atoms with van der Waals surface area (Å²) in [6.07, 6.45) is 0.